The smallest absolute Gasteiger partial charge is 0.257 e. The van der Waals surface area contributed by atoms with Crippen molar-refractivity contribution in [2.75, 3.05) is 7.11 Å². The molecule has 6 nitrogen and oxygen atoms in total. The zero-order valence-electron chi connectivity index (χ0n) is 17.3. The first-order valence-electron chi connectivity index (χ1n) is 10.3. The molecule has 0 saturated heterocycles. The molecule has 1 unspecified atom stereocenters. The lowest BCUT2D eigenvalue weighted by Crippen LogP contribution is -2.28. The second-order valence-electron chi connectivity index (χ2n) is 8.14. The largest absolute Gasteiger partial charge is 0.497 e. The number of H-pyrrole nitrogens is 1. The van der Waals surface area contributed by atoms with Crippen molar-refractivity contribution in [3.8, 4) is 5.75 Å². The molecule has 1 aliphatic heterocycles. The molecular weight excluding hydrogens is 414 g/mol. The van der Waals surface area contributed by atoms with Gasteiger partial charge in [0.1, 0.15) is 5.75 Å². The molecule has 1 aliphatic carbocycles. The Morgan fingerprint density at radius 2 is 1.94 bits per heavy atom. The number of hydrazone groups is 1. The summed E-state index contributed by atoms with van der Waals surface area (Å²) >= 11 is 6.19. The number of hydrogen-bond donors (Lipinski definition) is 1. The molecule has 5 rings (SSSR count). The number of amides is 1. The Kier molecular flexibility index (Phi) is 4.82. The highest BCUT2D eigenvalue weighted by atomic mass is 35.5. The zero-order valence-corrected chi connectivity index (χ0v) is 18.1. The molecule has 0 radical (unpaired) electrons. The summed E-state index contributed by atoms with van der Waals surface area (Å²) in [6.45, 7) is 1.90. The highest BCUT2D eigenvalue weighted by Crippen LogP contribution is 2.39. The third-order valence-electron chi connectivity index (χ3n) is 6.09. The minimum absolute atomic E-state index is 0.0220. The number of hydrogen-bond acceptors (Lipinski definition) is 4. The van der Waals surface area contributed by atoms with Crippen LogP contribution >= 0.6 is 11.6 Å². The second kappa shape index (κ2) is 7.54. The molecule has 3 aromatic rings. The van der Waals surface area contributed by atoms with Gasteiger partial charge in [0.15, 0.2) is 0 Å². The molecule has 0 spiro atoms. The summed E-state index contributed by atoms with van der Waals surface area (Å²) in [5.41, 5.74) is 3.43. The molecule has 31 heavy (non-hydrogen) atoms. The van der Waals surface area contributed by atoms with Crippen LogP contribution in [0.3, 0.4) is 0 Å². The van der Waals surface area contributed by atoms with Crippen LogP contribution in [0.15, 0.2) is 52.4 Å². The summed E-state index contributed by atoms with van der Waals surface area (Å²) in [4.78, 5) is 28.9. The maximum atomic E-state index is 13.0. The lowest BCUT2D eigenvalue weighted by Gasteiger charge is -2.22. The number of aryl methyl sites for hydroxylation is 1. The number of benzene rings is 2. The molecule has 1 fully saturated rings. The average Bonchev–Trinajstić information content (AvgIpc) is 3.53. The highest BCUT2D eigenvalue weighted by Gasteiger charge is 2.41. The van der Waals surface area contributed by atoms with Crippen LogP contribution in [0.5, 0.6) is 5.75 Å². The maximum absolute atomic E-state index is 13.0. The van der Waals surface area contributed by atoms with Crippen molar-refractivity contribution >= 4 is 34.1 Å². The highest BCUT2D eigenvalue weighted by molar-refractivity contribution is 6.31. The molecule has 158 valence electrons. The van der Waals surface area contributed by atoms with Gasteiger partial charge >= 0.3 is 0 Å². The van der Waals surface area contributed by atoms with E-state index in [0.717, 1.165) is 40.6 Å². The van der Waals surface area contributed by atoms with Gasteiger partial charge in [-0.1, -0.05) is 23.7 Å². The fourth-order valence-electron chi connectivity index (χ4n) is 4.24. The molecule has 1 atom stereocenters. The Morgan fingerprint density at radius 1 is 1.19 bits per heavy atom. The van der Waals surface area contributed by atoms with E-state index in [0.29, 0.717) is 22.7 Å². The number of fused-ring (bicyclic) bond motifs is 1. The number of methoxy groups -OCH3 is 1. The summed E-state index contributed by atoms with van der Waals surface area (Å²) in [5.74, 6) is 0.800. The van der Waals surface area contributed by atoms with Gasteiger partial charge in [0.2, 0.25) is 5.91 Å². The average molecular weight is 436 g/mol. The molecule has 1 aromatic heterocycles. The Morgan fingerprint density at radius 3 is 2.61 bits per heavy atom. The lowest BCUT2D eigenvalue weighted by molar-refractivity contribution is -0.134. The molecule has 1 amide bonds. The van der Waals surface area contributed by atoms with E-state index < -0.39 is 0 Å². The van der Waals surface area contributed by atoms with Crippen LogP contribution < -0.4 is 10.3 Å². The van der Waals surface area contributed by atoms with Crippen LogP contribution in [0.2, 0.25) is 5.02 Å². The van der Waals surface area contributed by atoms with Crippen LogP contribution in [0.25, 0.3) is 10.9 Å². The number of rotatable bonds is 4. The third kappa shape index (κ3) is 3.51. The van der Waals surface area contributed by atoms with Gasteiger partial charge in [-0.05, 0) is 61.2 Å². The number of carbonyl (C=O) groups is 1. The predicted octanol–water partition coefficient (Wildman–Crippen LogP) is 4.59. The van der Waals surface area contributed by atoms with Crippen LogP contribution in [-0.2, 0) is 4.79 Å². The molecule has 0 bridgehead atoms. The monoisotopic (exact) mass is 435 g/mol. The van der Waals surface area contributed by atoms with E-state index in [2.05, 4.69) is 10.1 Å². The summed E-state index contributed by atoms with van der Waals surface area (Å²) in [6.07, 6.45) is 2.26. The van der Waals surface area contributed by atoms with Gasteiger partial charge in [-0.2, -0.15) is 5.10 Å². The minimum Gasteiger partial charge on any atom is -0.497 e. The van der Waals surface area contributed by atoms with Crippen LogP contribution in [-0.4, -0.2) is 28.7 Å². The first-order chi connectivity index (χ1) is 15.0. The molecule has 2 aromatic carbocycles. The summed E-state index contributed by atoms with van der Waals surface area (Å²) in [5, 5.41) is 7.74. The zero-order chi connectivity index (χ0) is 21.7. The molecule has 7 heteroatoms. The first kappa shape index (κ1) is 19.8. The number of nitrogens with zero attached hydrogens (tertiary/aromatic N) is 2. The standard InChI is InChI=1S/C24H22ClN3O3/c1-13-18-11-16(25)7-10-19(18)26-23(29)22(13)20-12-21(14-5-8-17(31-2)9-6-14)28(27-20)24(30)15-3-4-15/h5-11,15,21H,3-4,12H2,1-2H3,(H,26,29). The van der Waals surface area contributed by atoms with Gasteiger partial charge < -0.3 is 9.72 Å². The van der Waals surface area contributed by atoms with E-state index in [1.807, 2.05) is 37.3 Å². The summed E-state index contributed by atoms with van der Waals surface area (Å²) in [6, 6.07) is 12.8. The van der Waals surface area contributed by atoms with E-state index in [1.54, 1.807) is 24.3 Å². The fraction of sp³-hybridized carbons (Fsp3) is 0.292. The van der Waals surface area contributed by atoms with Crippen molar-refractivity contribution in [1.29, 1.82) is 0 Å². The number of aromatic nitrogens is 1. The van der Waals surface area contributed by atoms with Crippen molar-refractivity contribution in [3.05, 3.63) is 74.5 Å². The van der Waals surface area contributed by atoms with Gasteiger partial charge in [0, 0.05) is 28.3 Å². The van der Waals surface area contributed by atoms with Crippen molar-refractivity contribution < 1.29 is 9.53 Å². The molecule has 2 heterocycles. The number of nitrogens with one attached hydrogen (secondary N) is 1. The number of halogens is 1. The predicted molar refractivity (Wildman–Crippen MR) is 121 cm³/mol. The van der Waals surface area contributed by atoms with E-state index in [1.165, 1.54) is 0 Å². The van der Waals surface area contributed by atoms with E-state index >= 15 is 0 Å². The number of aromatic amines is 1. The van der Waals surface area contributed by atoms with Gasteiger partial charge in [0.05, 0.1) is 24.4 Å². The third-order valence-corrected chi connectivity index (χ3v) is 6.32. The van der Waals surface area contributed by atoms with Gasteiger partial charge in [0.25, 0.3) is 5.56 Å². The van der Waals surface area contributed by atoms with Gasteiger partial charge in [-0.25, -0.2) is 5.01 Å². The normalized spacial score (nSPS) is 18.4. The lowest BCUT2D eigenvalue weighted by atomic mass is 9.95. The Hall–Kier alpha value is -3.12. The minimum atomic E-state index is -0.247. The van der Waals surface area contributed by atoms with Crippen LogP contribution in [0, 0.1) is 12.8 Å². The van der Waals surface area contributed by atoms with Crippen molar-refractivity contribution in [2.24, 2.45) is 11.0 Å². The number of carbonyl (C=O) groups excluding carboxylic acids is 1. The van der Waals surface area contributed by atoms with Crippen molar-refractivity contribution in [2.45, 2.75) is 32.2 Å². The van der Waals surface area contributed by atoms with Gasteiger partial charge in [-0.3, -0.25) is 9.59 Å². The second-order valence-corrected chi connectivity index (χ2v) is 8.58. The summed E-state index contributed by atoms with van der Waals surface area (Å²) in [7, 11) is 1.62. The molecular formula is C24H22ClN3O3. The fourth-order valence-corrected chi connectivity index (χ4v) is 4.41. The summed E-state index contributed by atoms with van der Waals surface area (Å²) < 4.78 is 5.26. The van der Waals surface area contributed by atoms with E-state index in [-0.39, 0.29) is 23.4 Å². The van der Waals surface area contributed by atoms with Crippen molar-refractivity contribution in [3.63, 3.8) is 0 Å². The number of pyridine rings is 1. The van der Waals surface area contributed by atoms with Crippen LogP contribution in [0.4, 0.5) is 0 Å². The Labute approximate surface area is 184 Å². The maximum Gasteiger partial charge on any atom is 0.257 e. The van der Waals surface area contributed by atoms with Crippen molar-refractivity contribution in [1.82, 2.24) is 9.99 Å². The SMILES string of the molecule is COc1ccc(C2CC(c3c(C)c4cc(Cl)ccc4[nH]c3=O)=NN2C(=O)C2CC2)cc1. The van der Waals surface area contributed by atoms with E-state index in [9.17, 15) is 9.59 Å². The van der Waals surface area contributed by atoms with E-state index in [4.69, 9.17) is 16.3 Å². The van der Waals surface area contributed by atoms with Gasteiger partial charge in [-0.15, -0.1) is 0 Å². The topological polar surface area (TPSA) is 74.8 Å². The molecule has 2 aliphatic rings. The van der Waals surface area contributed by atoms with Crippen LogP contribution in [0.1, 0.15) is 42.0 Å². The number of ether oxygens (including phenoxy) is 1. The molecule has 1 saturated carbocycles. The quantitative estimate of drug-likeness (QED) is 0.651. The molecule has 1 N–H and O–H groups in total. The Balaban J connectivity index is 1.60. The Bertz CT molecular complexity index is 1280. The first-order valence-corrected chi connectivity index (χ1v) is 10.7.